The number of benzene rings is 2. The molecule has 29 heavy (non-hydrogen) atoms. The molecule has 1 aliphatic carbocycles. The Morgan fingerprint density at radius 2 is 1.93 bits per heavy atom. The highest BCUT2D eigenvalue weighted by Gasteiger charge is 2.27. The molecule has 2 heterocycles. The van der Waals surface area contributed by atoms with Gasteiger partial charge in [0.15, 0.2) is 17.2 Å². The summed E-state index contributed by atoms with van der Waals surface area (Å²) in [4.78, 5) is 13.1. The number of anilines is 2. The van der Waals surface area contributed by atoms with Gasteiger partial charge in [0.05, 0.1) is 17.1 Å². The Labute approximate surface area is 168 Å². The van der Waals surface area contributed by atoms with Crippen molar-refractivity contribution in [1.29, 1.82) is 0 Å². The van der Waals surface area contributed by atoms with E-state index in [1.165, 1.54) is 5.56 Å². The van der Waals surface area contributed by atoms with Crippen molar-refractivity contribution in [1.82, 2.24) is 9.78 Å². The molecule has 7 heteroatoms. The van der Waals surface area contributed by atoms with E-state index < -0.39 is 0 Å². The van der Waals surface area contributed by atoms with Gasteiger partial charge in [0.1, 0.15) is 0 Å². The average molecular weight is 390 g/mol. The number of amides is 1. The second-order valence-electron chi connectivity index (χ2n) is 7.31. The van der Waals surface area contributed by atoms with Crippen LogP contribution in [0.5, 0.6) is 11.5 Å². The van der Waals surface area contributed by atoms with Gasteiger partial charge in [0.25, 0.3) is 5.91 Å². The van der Waals surface area contributed by atoms with E-state index in [4.69, 9.17) is 15.2 Å². The summed E-state index contributed by atoms with van der Waals surface area (Å²) in [6.45, 7) is 2.28. The highest BCUT2D eigenvalue weighted by atomic mass is 16.7. The molecule has 0 saturated heterocycles. The Morgan fingerprint density at radius 3 is 2.69 bits per heavy atom. The van der Waals surface area contributed by atoms with Crippen LogP contribution in [0.4, 0.5) is 11.4 Å². The van der Waals surface area contributed by atoms with Gasteiger partial charge in [-0.25, -0.2) is 4.68 Å². The van der Waals surface area contributed by atoms with E-state index >= 15 is 0 Å². The minimum Gasteiger partial charge on any atom is -0.454 e. The zero-order valence-corrected chi connectivity index (χ0v) is 16.2. The number of hydrogen-bond acceptors (Lipinski definition) is 5. The number of aryl methyl sites for hydroxylation is 1. The molecule has 3 N–H and O–H groups in total. The molecular weight excluding hydrogens is 368 g/mol. The van der Waals surface area contributed by atoms with Crippen molar-refractivity contribution < 1.29 is 14.3 Å². The van der Waals surface area contributed by atoms with Crippen LogP contribution in [0.25, 0.3) is 5.69 Å². The number of nitrogen functional groups attached to an aromatic ring is 1. The van der Waals surface area contributed by atoms with E-state index in [0.717, 1.165) is 42.6 Å². The van der Waals surface area contributed by atoms with Gasteiger partial charge in [-0.3, -0.25) is 4.79 Å². The second kappa shape index (κ2) is 6.84. The number of nitrogens with one attached hydrogen (secondary N) is 1. The third-order valence-corrected chi connectivity index (χ3v) is 5.53. The number of aromatic nitrogens is 2. The zero-order chi connectivity index (χ0) is 20.0. The van der Waals surface area contributed by atoms with Gasteiger partial charge in [-0.1, -0.05) is 19.1 Å². The number of hydrogen-bond donors (Lipinski definition) is 2. The molecule has 2 aromatic carbocycles. The van der Waals surface area contributed by atoms with Crippen LogP contribution in [0.1, 0.15) is 40.7 Å². The Bertz CT molecular complexity index is 1100. The van der Waals surface area contributed by atoms with E-state index in [1.807, 2.05) is 4.68 Å². The molecule has 0 atom stereocenters. The molecule has 148 valence electrons. The Balaban J connectivity index is 1.48. The molecule has 0 spiro atoms. The van der Waals surface area contributed by atoms with Crippen LogP contribution >= 0.6 is 0 Å². The van der Waals surface area contributed by atoms with Gasteiger partial charge in [-0.15, -0.1) is 0 Å². The van der Waals surface area contributed by atoms with E-state index in [-0.39, 0.29) is 12.7 Å². The number of rotatable bonds is 4. The summed E-state index contributed by atoms with van der Waals surface area (Å²) >= 11 is 0. The molecule has 1 aliphatic heterocycles. The van der Waals surface area contributed by atoms with Crippen molar-refractivity contribution >= 4 is 17.3 Å². The predicted octanol–water partition coefficient (Wildman–Crippen LogP) is 3.49. The molecule has 2 aliphatic rings. The lowest BCUT2D eigenvalue weighted by molar-refractivity contribution is 0.102. The van der Waals surface area contributed by atoms with Crippen LogP contribution in [0.15, 0.2) is 36.4 Å². The van der Waals surface area contributed by atoms with Gasteiger partial charge >= 0.3 is 0 Å². The first-order chi connectivity index (χ1) is 14.1. The first kappa shape index (κ1) is 17.6. The summed E-state index contributed by atoms with van der Waals surface area (Å²) in [5, 5.41) is 7.56. The SMILES string of the molecule is CCc1ccc(-n2nc(C(=O)Nc3cc4c(cc3N)OCO4)c3c2CCC3)cc1. The fraction of sp³-hybridized carbons (Fsp3) is 0.273. The average Bonchev–Trinajstić information content (AvgIpc) is 3.44. The van der Waals surface area contributed by atoms with Crippen molar-refractivity contribution in [3.63, 3.8) is 0 Å². The highest BCUT2D eigenvalue weighted by molar-refractivity contribution is 6.06. The molecule has 1 aromatic heterocycles. The molecule has 0 saturated carbocycles. The fourth-order valence-electron chi connectivity index (χ4n) is 3.95. The molecule has 0 unspecified atom stereocenters. The van der Waals surface area contributed by atoms with Gasteiger partial charge in [0, 0.05) is 23.4 Å². The summed E-state index contributed by atoms with van der Waals surface area (Å²) in [5.41, 5.74) is 11.8. The first-order valence-corrected chi connectivity index (χ1v) is 9.84. The normalized spacial score (nSPS) is 14.1. The van der Waals surface area contributed by atoms with E-state index in [9.17, 15) is 4.79 Å². The van der Waals surface area contributed by atoms with Crippen LogP contribution in [0.3, 0.4) is 0 Å². The smallest absolute Gasteiger partial charge is 0.276 e. The number of carbonyl (C=O) groups excluding carboxylic acids is 1. The Morgan fingerprint density at radius 1 is 1.17 bits per heavy atom. The monoisotopic (exact) mass is 390 g/mol. The van der Waals surface area contributed by atoms with E-state index in [0.29, 0.717) is 28.6 Å². The molecule has 0 radical (unpaired) electrons. The van der Waals surface area contributed by atoms with Crippen LogP contribution < -0.4 is 20.5 Å². The summed E-state index contributed by atoms with van der Waals surface area (Å²) in [5.74, 6) is 0.889. The third-order valence-electron chi connectivity index (χ3n) is 5.53. The Kier molecular flexibility index (Phi) is 4.16. The number of fused-ring (bicyclic) bond motifs is 2. The first-order valence-electron chi connectivity index (χ1n) is 9.84. The predicted molar refractivity (Wildman–Crippen MR) is 110 cm³/mol. The van der Waals surface area contributed by atoms with Gasteiger partial charge in [-0.05, 0) is 43.4 Å². The van der Waals surface area contributed by atoms with Gasteiger partial charge < -0.3 is 20.5 Å². The highest BCUT2D eigenvalue weighted by Crippen LogP contribution is 2.38. The maximum atomic E-state index is 13.1. The lowest BCUT2D eigenvalue weighted by atomic mass is 10.1. The van der Waals surface area contributed by atoms with Crippen LogP contribution in [0, 0.1) is 0 Å². The van der Waals surface area contributed by atoms with Crippen LogP contribution in [0.2, 0.25) is 0 Å². The maximum Gasteiger partial charge on any atom is 0.276 e. The Hall–Kier alpha value is -3.48. The largest absolute Gasteiger partial charge is 0.454 e. The van der Waals surface area contributed by atoms with Crippen molar-refractivity contribution in [3.05, 3.63) is 58.9 Å². The third kappa shape index (κ3) is 2.99. The molecule has 0 bridgehead atoms. The molecule has 3 aromatic rings. The van der Waals surface area contributed by atoms with Gasteiger partial charge in [0.2, 0.25) is 6.79 Å². The number of nitrogens with two attached hydrogens (primary N) is 1. The topological polar surface area (TPSA) is 91.4 Å². The summed E-state index contributed by atoms with van der Waals surface area (Å²) in [6.07, 6.45) is 3.77. The minimum absolute atomic E-state index is 0.154. The van der Waals surface area contributed by atoms with Crippen LogP contribution in [-0.4, -0.2) is 22.5 Å². The molecular formula is C22H22N4O3. The fourth-order valence-corrected chi connectivity index (χ4v) is 3.95. The van der Waals surface area contributed by atoms with E-state index in [1.54, 1.807) is 12.1 Å². The summed E-state index contributed by atoms with van der Waals surface area (Å²) in [7, 11) is 0. The van der Waals surface area contributed by atoms with Gasteiger partial charge in [-0.2, -0.15) is 5.10 Å². The molecule has 7 nitrogen and oxygen atoms in total. The molecule has 0 fully saturated rings. The molecule has 1 amide bonds. The van der Waals surface area contributed by atoms with E-state index in [2.05, 4.69) is 41.6 Å². The molecule has 5 rings (SSSR count). The zero-order valence-electron chi connectivity index (χ0n) is 16.2. The van der Waals surface area contributed by atoms with Crippen LogP contribution in [-0.2, 0) is 19.3 Å². The van der Waals surface area contributed by atoms with Crippen molar-refractivity contribution in [2.24, 2.45) is 0 Å². The lowest BCUT2D eigenvalue weighted by Crippen LogP contribution is -2.16. The van der Waals surface area contributed by atoms with Crippen molar-refractivity contribution in [2.75, 3.05) is 17.8 Å². The maximum absolute atomic E-state index is 13.1. The number of nitrogens with zero attached hydrogens (tertiary/aromatic N) is 2. The second-order valence-corrected chi connectivity index (χ2v) is 7.31. The van der Waals surface area contributed by atoms with Crippen molar-refractivity contribution in [2.45, 2.75) is 32.6 Å². The number of ether oxygens (including phenoxy) is 2. The summed E-state index contributed by atoms with van der Waals surface area (Å²) in [6, 6.07) is 11.7. The standard InChI is InChI=1S/C22H22N4O3/c1-2-13-6-8-14(9-7-13)26-18-5-3-4-15(18)21(25-26)22(27)24-17-11-20-19(10-16(17)23)28-12-29-20/h6-11H,2-5,12,23H2,1H3,(H,24,27). The number of carbonyl (C=O) groups is 1. The quantitative estimate of drug-likeness (QED) is 0.666. The minimum atomic E-state index is -0.266. The summed E-state index contributed by atoms with van der Waals surface area (Å²) < 4.78 is 12.6. The lowest BCUT2D eigenvalue weighted by Gasteiger charge is -2.09. The van der Waals surface area contributed by atoms with Crippen molar-refractivity contribution in [3.8, 4) is 17.2 Å².